The van der Waals surface area contributed by atoms with Gasteiger partial charge in [0, 0.05) is 6.54 Å². The molecule has 4 rings (SSSR count). The first-order chi connectivity index (χ1) is 13.0. The van der Waals surface area contributed by atoms with Gasteiger partial charge in [0.2, 0.25) is 0 Å². The summed E-state index contributed by atoms with van der Waals surface area (Å²) in [4.78, 5) is 25.5. The molecule has 1 atom stereocenters. The van der Waals surface area contributed by atoms with Crippen LogP contribution in [0.3, 0.4) is 0 Å². The predicted octanol–water partition coefficient (Wildman–Crippen LogP) is 3.27. The van der Waals surface area contributed by atoms with Crippen LogP contribution >= 0.6 is 0 Å². The van der Waals surface area contributed by atoms with E-state index >= 15 is 0 Å². The van der Waals surface area contributed by atoms with Gasteiger partial charge in [-0.15, -0.1) is 0 Å². The van der Waals surface area contributed by atoms with E-state index in [0.29, 0.717) is 31.3 Å². The van der Waals surface area contributed by atoms with Gasteiger partial charge in [0.05, 0.1) is 17.2 Å². The number of aromatic carboxylic acids is 1. The fourth-order valence-corrected chi connectivity index (χ4v) is 3.60. The zero-order chi connectivity index (χ0) is 19.0. The highest BCUT2D eigenvalue weighted by molar-refractivity contribution is 5.96. The number of amides is 1. The molecule has 1 fully saturated rings. The first-order valence-electron chi connectivity index (χ1n) is 8.78. The lowest BCUT2D eigenvalue weighted by Gasteiger charge is -2.27. The third kappa shape index (κ3) is 3.20. The Morgan fingerprint density at radius 2 is 1.85 bits per heavy atom. The van der Waals surface area contributed by atoms with Gasteiger partial charge in [0.1, 0.15) is 19.0 Å². The lowest BCUT2D eigenvalue weighted by atomic mass is 10.0. The summed E-state index contributed by atoms with van der Waals surface area (Å²) < 4.78 is 25.5. The molecule has 2 heterocycles. The van der Waals surface area contributed by atoms with Crippen molar-refractivity contribution in [2.24, 2.45) is 0 Å². The molecule has 1 amide bonds. The van der Waals surface area contributed by atoms with Crippen molar-refractivity contribution in [3.8, 4) is 11.5 Å². The van der Waals surface area contributed by atoms with Crippen LogP contribution in [-0.2, 0) is 0 Å². The van der Waals surface area contributed by atoms with Gasteiger partial charge in [-0.3, -0.25) is 4.79 Å². The monoisotopic (exact) mass is 371 g/mol. The van der Waals surface area contributed by atoms with Crippen molar-refractivity contribution in [1.82, 2.24) is 4.90 Å². The number of carbonyl (C=O) groups is 2. The van der Waals surface area contributed by atoms with E-state index in [2.05, 4.69) is 0 Å². The zero-order valence-corrected chi connectivity index (χ0v) is 14.5. The van der Waals surface area contributed by atoms with Crippen molar-refractivity contribution in [2.45, 2.75) is 18.9 Å². The summed E-state index contributed by atoms with van der Waals surface area (Å²) in [6.45, 7) is 1.50. The Kier molecular flexibility index (Phi) is 4.43. The number of hydrogen-bond donors (Lipinski definition) is 1. The molecule has 140 valence electrons. The van der Waals surface area contributed by atoms with Crippen LogP contribution in [0.4, 0.5) is 4.39 Å². The number of carbonyl (C=O) groups excluding carboxylic acids is 1. The van der Waals surface area contributed by atoms with E-state index in [4.69, 9.17) is 14.6 Å². The van der Waals surface area contributed by atoms with Crippen molar-refractivity contribution >= 4 is 11.9 Å². The van der Waals surface area contributed by atoms with E-state index in [0.717, 1.165) is 24.5 Å². The Labute approximate surface area is 155 Å². The largest absolute Gasteiger partial charge is 0.486 e. The number of carboxylic acids is 1. The van der Waals surface area contributed by atoms with Gasteiger partial charge < -0.3 is 19.5 Å². The lowest BCUT2D eigenvalue weighted by molar-refractivity contribution is 0.0690. The molecule has 0 radical (unpaired) electrons. The molecule has 1 saturated heterocycles. The van der Waals surface area contributed by atoms with Gasteiger partial charge in [0.25, 0.3) is 5.91 Å². The molecular weight excluding hydrogens is 353 g/mol. The molecule has 1 N–H and O–H groups in total. The molecule has 2 aromatic rings. The molecule has 0 bridgehead atoms. The molecule has 2 aliphatic rings. The fraction of sp³-hybridized carbons (Fsp3) is 0.300. The average Bonchev–Trinajstić information content (AvgIpc) is 3.16. The quantitative estimate of drug-likeness (QED) is 0.896. The summed E-state index contributed by atoms with van der Waals surface area (Å²) in [5.41, 5.74) is 0.603. The Bertz CT molecular complexity index is 913. The highest BCUT2D eigenvalue weighted by Crippen LogP contribution is 2.38. The Hall–Kier alpha value is -3.09. The SMILES string of the molecule is O=C(O)c1ccc(C(=O)N2CCCC2c2ccc3c(c2)OCCO3)c(F)c1. The first-order valence-corrected chi connectivity index (χ1v) is 8.78. The summed E-state index contributed by atoms with van der Waals surface area (Å²) in [6.07, 6.45) is 1.57. The maximum absolute atomic E-state index is 14.3. The van der Waals surface area contributed by atoms with Gasteiger partial charge in [-0.1, -0.05) is 6.07 Å². The molecular formula is C20H18FNO5. The van der Waals surface area contributed by atoms with Gasteiger partial charge >= 0.3 is 5.97 Å². The molecule has 1 unspecified atom stereocenters. The highest BCUT2D eigenvalue weighted by Gasteiger charge is 2.32. The molecule has 0 saturated carbocycles. The maximum atomic E-state index is 14.3. The van der Waals surface area contributed by atoms with Gasteiger partial charge in [-0.2, -0.15) is 0 Å². The number of nitrogens with zero attached hydrogens (tertiary/aromatic N) is 1. The number of likely N-dealkylation sites (tertiary alicyclic amines) is 1. The number of rotatable bonds is 3. The van der Waals surface area contributed by atoms with E-state index in [9.17, 15) is 14.0 Å². The number of ether oxygens (including phenoxy) is 2. The van der Waals surface area contributed by atoms with Crippen molar-refractivity contribution in [3.63, 3.8) is 0 Å². The van der Waals surface area contributed by atoms with Gasteiger partial charge in [-0.25, -0.2) is 9.18 Å². The lowest BCUT2D eigenvalue weighted by Crippen LogP contribution is -2.31. The Morgan fingerprint density at radius 1 is 1.07 bits per heavy atom. The number of benzene rings is 2. The van der Waals surface area contributed by atoms with Crippen LogP contribution in [0.15, 0.2) is 36.4 Å². The molecule has 2 aromatic carbocycles. The predicted molar refractivity (Wildman–Crippen MR) is 93.8 cm³/mol. The van der Waals surface area contributed by atoms with Crippen LogP contribution in [0, 0.1) is 5.82 Å². The van der Waals surface area contributed by atoms with Crippen LogP contribution in [0.25, 0.3) is 0 Å². The van der Waals surface area contributed by atoms with Crippen molar-refractivity contribution in [3.05, 3.63) is 58.9 Å². The summed E-state index contributed by atoms with van der Waals surface area (Å²) >= 11 is 0. The molecule has 0 spiro atoms. The second-order valence-corrected chi connectivity index (χ2v) is 6.56. The van der Waals surface area contributed by atoms with Gasteiger partial charge in [-0.05, 0) is 48.7 Å². The summed E-state index contributed by atoms with van der Waals surface area (Å²) in [7, 11) is 0. The van der Waals surface area contributed by atoms with Crippen molar-refractivity contribution in [1.29, 1.82) is 0 Å². The summed E-state index contributed by atoms with van der Waals surface area (Å²) in [5, 5.41) is 8.95. The van der Waals surface area contributed by atoms with Crippen LogP contribution in [-0.4, -0.2) is 41.6 Å². The van der Waals surface area contributed by atoms with E-state index in [1.165, 1.54) is 12.1 Å². The van der Waals surface area contributed by atoms with Crippen molar-refractivity contribution < 1.29 is 28.6 Å². The molecule has 0 aromatic heterocycles. The average molecular weight is 371 g/mol. The summed E-state index contributed by atoms with van der Waals surface area (Å²) in [5.74, 6) is -1.18. The van der Waals surface area contributed by atoms with Crippen LogP contribution in [0.2, 0.25) is 0 Å². The Morgan fingerprint density at radius 3 is 2.59 bits per heavy atom. The van der Waals surface area contributed by atoms with Crippen LogP contribution in [0.1, 0.15) is 45.2 Å². The third-order valence-electron chi connectivity index (χ3n) is 4.91. The summed E-state index contributed by atoms with van der Waals surface area (Å²) in [6, 6.07) is 8.76. The smallest absolute Gasteiger partial charge is 0.335 e. The number of carboxylic acid groups (broad SMARTS) is 1. The van der Waals surface area contributed by atoms with E-state index in [1.54, 1.807) is 4.90 Å². The van der Waals surface area contributed by atoms with E-state index in [1.807, 2.05) is 18.2 Å². The number of fused-ring (bicyclic) bond motifs is 1. The first kappa shape index (κ1) is 17.3. The molecule has 6 nitrogen and oxygen atoms in total. The topological polar surface area (TPSA) is 76.1 Å². The minimum atomic E-state index is -1.23. The molecule has 7 heteroatoms. The molecule has 27 heavy (non-hydrogen) atoms. The Balaban J connectivity index is 1.61. The molecule has 2 aliphatic heterocycles. The minimum absolute atomic E-state index is 0.121. The second kappa shape index (κ2) is 6.90. The van der Waals surface area contributed by atoms with Crippen LogP contribution < -0.4 is 9.47 Å². The number of halogens is 1. The maximum Gasteiger partial charge on any atom is 0.335 e. The minimum Gasteiger partial charge on any atom is -0.486 e. The fourth-order valence-electron chi connectivity index (χ4n) is 3.60. The highest BCUT2D eigenvalue weighted by atomic mass is 19.1. The zero-order valence-electron chi connectivity index (χ0n) is 14.5. The standard InChI is InChI=1S/C20H18FNO5/c21-15-10-13(20(24)25)3-5-14(15)19(23)22-7-1-2-16(22)12-4-6-17-18(11-12)27-9-8-26-17/h3-6,10-11,16H,1-2,7-9H2,(H,24,25). The third-order valence-corrected chi connectivity index (χ3v) is 4.91. The van der Waals surface area contributed by atoms with Gasteiger partial charge in [0.15, 0.2) is 11.5 Å². The van der Waals surface area contributed by atoms with Crippen molar-refractivity contribution in [2.75, 3.05) is 19.8 Å². The van der Waals surface area contributed by atoms with E-state index < -0.39 is 17.7 Å². The number of hydrogen-bond acceptors (Lipinski definition) is 4. The van der Waals surface area contributed by atoms with E-state index in [-0.39, 0.29) is 17.2 Å². The molecule has 0 aliphatic carbocycles. The normalized spacial score (nSPS) is 18.4. The van der Waals surface area contributed by atoms with Crippen LogP contribution in [0.5, 0.6) is 11.5 Å². The second-order valence-electron chi connectivity index (χ2n) is 6.56.